The summed E-state index contributed by atoms with van der Waals surface area (Å²) < 4.78 is 14.6. The van der Waals surface area contributed by atoms with Gasteiger partial charge in [0.25, 0.3) is 0 Å². The van der Waals surface area contributed by atoms with Crippen LogP contribution in [0.15, 0.2) is 61.9 Å². The molecule has 40 heavy (non-hydrogen) atoms. The number of unbranched alkanes of at least 4 members (excludes halogenated alkanes) is 2. The molecule has 4 rings (SSSR count). The molecule has 0 spiro atoms. The van der Waals surface area contributed by atoms with Gasteiger partial charge in [0.05, 0.1) is 0 Å². The lowest BCUT2D eigenvalue weighted by Crippen LogP contribution is -2.30. The highest BCUT2D eigenvalue weighted by Crippen LogP contribution is 2.36. The van der Waals surface area contributed by atoms with Crippen molar-refractivity contribution in [3.05, 3.63) is 89.5 Å². The fraction of sp³-hybridized carbons (Fsp3) is 0.457. The van der Waals surface area contributed by atoms with Crippen LogP contribution in [0.1, 0.15) is 88.3 Å². The second-order valence-electron chi connectivity index (χ2n) is 11.3. The highest BCUT2D eigenvalue weighted by atomic mass is 35.5. The minimum absolute atomic E-state index is 0.124. The molecular formula is C35H47ClFN3. The third-order valence-corrected chi connectivity index (χ3v) is 8.77. The molecule has 0 aliphatic carbocycles. The van der Waals surface area contributed by atoms with Crippen molar-refractivity contribution < 1.29 is 4.39 Å². The van der Waals surface area contributed by atoms with Gasteiger partial charge in [-0.25, -0.2) is 4.39 Å². The third kappa shape index (κ3) is 7.66. The van der Waals surface area contributed by atoms with Crippen molar-refractivity contribution in [2.45, 2.75) is 91.0 Å². The van der Waals surface area contributed by atoms with Crippen molar-refractivity contribution in [3.8, 4) is 11.1 Å². The number of halogens is 2. The lowest BCUT2D eigenvalue weighted by atomic mass is 9.91. The summed E-state index contributed by atoms with van der Waals surface area (Å²) in [6.45, 7) is 15.7. The SMILES string of the molecule is C=C.CCCCCC(C)CC1CCCN1c1ccc(-c2cncc(CC(C)c3c(F)ccc(C)c3Cl)c2N)cc1. The van der Waals surface area contributed by atoms with E-state index in [1.807, 2.05) is 20.0 Å². The molecule has 3 unspecified atom stereocenters. The predicted octanol–water partition coefficient (Wildman–Crippen LogP) is 10.2. The summed E-state index contributed by atoms with van der Waals surface area (Å²) in [5.74, 6) is 0.369. The molecule has 0 radical (unpaired) electrons. The maximum Gasteiger partial charge on any atom is 0.128 e. The van der Waals surface area contributed by atoms with E-state index in [9.17, 15) is 4.39 Å². The van der Waals surface area contributed by atoms with Gasteiger partial charge in [-0.1, -0.05) is 76.3 Å². The second-order valence-corrected chi connectivity index (χ2v) is 11.7. The minimum Gasteiger partial charge on any atom is -0.398 e. The van der Waals surface area contributed by atoms with Gasteiger partial charge in [-0.05, 0) is 79.3 Å². The van der Waals surface area contributed by atoms with Crippen LogP contribution >= 0.6 is 11.6 Å². The van der Waals surface area contributed by atoms with Crippen LogP contribution in [0, 0.1) is 18.7 Å². The van der Waals surface area contributed by atoms with Gasteiger partial charge >= 0.3 is 0 Å². The van der Waals surface area contributed by atoms with E-state index in [1.54, 1.807) is 12.3 Å². The van der Waals surface area contributed by atoms with Gasteiger partial charge in [-0.15, -0.1) is 13.2 Å². The fourth-order valence-electron chi connectivity index (χ4n) is 6.05. The van der Waals surface area contributed by atoms with Crippen LogP contribution < -0.4 is 10.6 Å². The number of aryl methyl sites for hydroxylation is 1. The molecule has 1 fully saturated rings. The molecule has 216 valence electrons. The molecule has 0 bridgehead atoms. The van der Waals surface area contributed by atoms with Crippen molar-refractivity contribution in [2.24, 2.45) is 5.92 Å². The first-order valence-corrected chi connectivity index (χ1v) is 15.2. The lowest BCUT2D eigenvalue weighted by molar-refractivity contribution is 0.419. The highest BCUT2D eigenvalue weighted by molar-refractivity contribution is 6.32. The van der Waals surface area contributed by atoms with Gasteiger partial charge in [0, 0.05) is 52.5 Å². The Hall–Kier alpha value is -2.85. The lowest BCUT2D eigenvalue weighted by Gasteiger charge is -2.29. The molecule has 1 aromatic heterocycles. The van der Waals surface area contributed by atoms with Crippen LogP contribution in [0.3, 0.4) is 0 Å². The Labute approximate surface area is 246 Å². The van der Waals surface area contributed by atoms with Gasteiger partial charge in [0.15, 0.2) is 0 Å². The molecule has 2 aromatic carbocycles. The molecule has 1 saturated heterocycles. The molecule has 2 N–H and O–H groups in total. The second kappa shape index (κ2) is 15.2. The Balaban J connectivity index is 0.00000216. The van der Waals surface area contributed by atoms with Crippen molar-refractivity contribution in [3.63, 3.8) is 0 Å². The summed E-state index contributed by atoms with van der Waals surface area (Å²) in [4.78, 5) is 7.09. The summed E-state index contributed by atoms with van der Waals surface area (Å²) in [6, 6.07) is 12.6. The Morgan fingerprint density at radius 2 is 1.82 bits per heavy atom. The summed E-state index contributed by atoms with van der Waals surface area (Å²) in [7, 11) is 0. The zero-order valence-corrected chi connectivity index (χ0v) is 25.6. The van der Waals surface area contributed by atoms with E-state index < -0.39 is 0 Å². The summed E-state index contributed by atoms with van der Waals surface area (Å²) in [6.07, 6.45) is 13.3. The van der Waals surface area contributed by atoms with Gasteiger partial charge < -0.3 is 10.6 Å². The molecule has 3 nitrogen and oxygen atoms in total. The maximum atomic E-state index is 14.6. The number of benzene rings is 2. The zero-order chi connectivity index (χ0) is 29.2. The monoisotopic (exact) mass is 563 g/mol. The van der Waals surface area contributed by atoms with Crippen LogP contribution in [0.2, 0.25) is 5.02 Å². The average Bonchev–Trinajstić information content (AvgIpc) is 3.41. The first-order valence-electron chi connectivity index (χ1n) is 14.8. The topological polar surface area (TPSA) is 42.2 Å². The van der Waals surface area contributed by atoms with E-state index in [2.05, 4.69) is 61.2 Å². The number of aromatic nitrogens is 1. The molecule has 1 aliphatic heterocycles. The van der Waals surface area contributed by atoms with E-state index in [0.717, 1.165) is 34.7 Å². The van der Waals surface area contributed by atoms with E-state index in [4.69, 9.17) is 17.3 Å². The Morgan fingerprint density at radius 1 is 1.10 bits per heavy atom. The number of anilines is 2. The molecule has 3 aromatic rings. The molecule has 3 atom stereocenters. The van der Waals surface area contributed by atoms with Gasteiger partial charge in [-0.2, -0.15) is 0 Å². The first-order chi connectivity index (χ1) is 19.3. The Kier molecular flexibility index (Phi) is 12.1. The fourth-order valence-corrected chi connectivity index (χ4v) is 6.39. The maximum absolute atomic E-state index is 14.6. The van der Waals surface area contributed by atoms with E-state index in [1.165, 1.54) is 56.7 Å². The van der Waals surface area contributed by atoms with Crippen LogP contribution in [-0.2, 0) is 6.42 Å². The number of hydrogen-bond donors (Lipinski definition) is 1. The van der Waals surface area contributed by atoms with Gasteiger partial charge in [-0.3, -0.25) is 4.98 Å². The zero-order valence-electron chi connectivity index (χ0n) is 24.9. The number of pyridine rings is 1. The Bertz CT molecular complexity index is 1230. The number of nitrogen functional groups attached to an aromatic ring is 1. The van der Waals surface area contributed by atoms with E-state index >= 15 is 0 Å². The van der Waals surface area contributed by atoms with Crippen molar-refractivity contribution in [2.75, 3.05) is 17.2 Å². The van der Waals surface area contributed by atoms with Crippen LogP contribution in [0.5, 0.6) is 0 Å². The van der Waals surface area contributed by atoms with Crippen molar-refractivity contribution in [1.82, 2.24) is 4.98 Å². The number of nitrogens with two attached hydrogens (primary N) is 1. The normalized spacial score (nSPS) is 16.4. The molecule has 5 heteroatoms. The first kappa shape index (κ1) is 31.7. The van der Waals surface area contributed by atoms with Crippen LogP contribution in [0.4, 0.5) is 15.8 Å². The van der Waals surface area contributed by atoms with Gasteiger partial charge in [0.2, 0.25) is 0 Å². The third-order valence-electron chi connectivity index (χ3n) is 8.27. The molecule has 0 saturated carbocycles. The number of rotatable bonds is 11. The molecular weight excluding hydrogens is 517 g/mol. The van der Waals surface area contributed by atoms with Gasteiger partial charge in [0.1, 0.15) is 5.82 Å². The summed E-state index contributed by atoms with van der Waals surface area (Å²) >= 11 is 6.47. The Morgan fingerprint density at radius 3 is 2.52 bits per heavy atom. The average molecular weight is 564 g/mol. The summed E-state index contributed by atoms with van der Waals surface area (Å²) in [5, 5.41) is 0.492. The summed E-state index contributed by atoms with van der Waals surface area (Å²) in [5.41, 5.74) is 12.9. The van der Waals surface area contributed by atoms with Crippen LogP contribution in [-0.4, -0.2) is 17.6 Å². The van der Waals surface area contributed by atoms with E-state index in [0.29, 0.717) is 28.7 Å². The standard InChI is InChI=1S/C33H43ClFN3.C2H4/c1-5-6-7-9-22(2)18-28-10-8-17-38(28)27-14-12-25(13-15-27)29-21-37-20-26(33(29)36)19-24(4)31-30(35)16-11-23(3)32(31)34;1-2/h11-16,20-22,24,28H,5-10,17-19H2,1-4H3,(H2,36,37);1-2H2. The van der Waals surface area contributed by atoms with Crippen molar-refractivity contribution >= 4 is 23.0 Å². The smallest absolute Gasteiger partial charge is 0.128 e. The predicted molar refractivity (Wildman–Crippen MR) is 172 cm³/mol. The highest BCUT2D eigenvalue weighted by Gasteiger charge is 2.26. The van der Waals surface area contributed by atoms with Crippen LogP contribution in [0.25, 0.3) is 11.1 Å². The van der Waals surface area contributed by atoms with Crippen molar-refractivity contribution in [1.29, 1.82) is 0 Å². The minimum atomic E-state index is -0.276. The number of hydrogen-bond acceptors (Lipinski definition) is 3. The number of nitrogens with zero attached hydrogens (tertiary/aromatic N) is 2. The van der Waals surface area contributed by atoms with E-state index in [-0.39, 0.29) is 11.7 Å². The molecule has 1 aliphatic rings. The quantitative estimate of drug-likeness (QED) is 0.186. The largest absolute Gasteiger partial charge is 0.398 e. The molecule has 2 heterocycles. The molecule has 0 amide bonds.